The molecule has 2 rings (SSSR count). The van der Waals surface area contributed by atoms with E-state index in [1.807, 2.05) is 12.2 Å². The van der Waals surface area contributed by atoms with Crippen LogP contribution >= 0.6 is 31.9 Å². The molecule has 25 heavy (non-hydrogen) atoms. The van der Waals surface area contributed by atoms with Crippen LogP contribution in [0.4, 0.5) is 11.4 Å². The van der Waals surface area contributed by atoms with Gasteiger partial charge in [0.25, 0.3) is 0 Å². The normalized spacial score (nSPS) is 10.4. The van der Waals surface area contributed by atoms with Crippen molar-refractivity contribution in [3.63, 3.8) is 0 Å². The molecule has 0 aromatic heterocycles. The molecule has 0 saturated heterocycles. The Labute approximate surface area is 168 Å². The molecule has 0 aliphatic rings. The van der Waals surface area contributed by atoms with Crippen LogP contribution in [0.15, 0.2) is 70.7 Å². The average molecular weight is 464 g/mol. The lowest BCUT2D eigenvalue weighted by Crippen LogP contribution is -2.16. The van der Waals surface area contributed by atoms with Gasteiger partial charge in [-0.2, -0.15) is 0 Å². The van der Waals surface area contributed by atoms with Crippen LogP contribution in [-0.2, 0) is 6.42 Å². The average Bonchev–Trinajstić information content (AvgIpc) is 2.58. The van der Waals surface area contributed by atoms with E-state index in [4.69, 9.17) is 0 Å². The van der Waals surface area contributed by atoms with Crippen molar-refractivity contribution < 1.29 is 0 Å². The van der Waals surface area contributed by atoms with Crippen LogP contribution in [0.3, 0.4) is 0 Å². The molecule has 0 spiro atoms. The fourth-order valence-electron chi connectivity index (χ4n) is 2.64. The lowest BCUT2D eigenvalue weighted by Gasteiger charge is -2.19. The molecule has 0 N–H and O–H groups in total. The highest BCUT2D eigenvalue weighted by molar-refractivity contribution is 9.10. The molecule has 0 saturated carbocycles. The SMILES string of the molecule is C=CCN(C)c1ccc(Cc2ccc(N(C)CC=C)cc2Br)c(Br)c1. The quantitative estimate of drug-likeness (QED) is 0.440. The third kappa shape index (κ3) is 5.23. The number of likely N-dealkylation sites (N-methyl/N-ethyl adjacent to an activating group) is 2. The maximum absolute atomic E-state index is 3.80. The summed E-state index contributed by atoms with van der Waals surface area (Å²) >= 11 is 7.44. The molecular formula is C21H24Br2N2. The number of nitrogens with zero attached hydrogens (tertiary/aromatic N) is 2. The molecule has 0 heterocycles. The van der Waals surface area contributed by atoms with Gasteiger partial charge in [0, 0.05) is 47.5 Å². The summed E-state index contributed by atoms with van der Waals surface area (Å²) in [4.78, 5) is 4.34. The first-order valence-corrected chi connectivity index (χ1v) is 9.75. The Hall–Kier alpha value is -1.52. The van der Waals surface area contributed by atoms with E-state index in [1.54, 1.807) is 0 Å². The second kappa shape index (κ2) is 9.25. The molecule has 0 unspecified atom stereocenters. The lowest BCUT2D eigenvalue weighted by atomic mass is 10.0. The third-order valence-corrected chi connectivity index (χ3v) is 5.62. The largest absolute Gasteiger partial charge is 0.371 e. The van der Waals surface area contributed by atoms with E-state index >= 15 is 0 Å². The van der Waals surface area contributed by atoms with Crippen molar-refractivity contribution in [2.45, 2.75) is 6.42 Å². The molecule has 0 fully saturated rings. The van der Waals surface area contributed by atoms with E-state index in [1.165, 1.54) is 22.5 Å². The molecule has 0 radical (unpaired) electrons. The Bertz CT molecular complexity index is 692. The van der Waals surface area contributed by atoms with Crippen LogP contribution in [-0.4, -0.2) is 27.2 Å². The number of halogens is 2. The van der Waals surface area contributed by atoms with E-state index in [0.29, 0.717) is 0 Å². The summed E-state index contributed by atoms with van der Waals surface area (Å²) < 4.78 is 2.25. The van der Waals surface area contributed by atoms with Crippen LogP contribution in [0.1, 0.15) is 11.1 Å². The predicted octanol–water partition coefficient (Wildman–Crippen LogP) is 6.05. The van der Waals surface area contributed by atoms with Crippen LogP contribution < -0.4 is 9.80 Å². The molecule has 2 aromatic carbocycles. The Morgan fingerprint density at radius 3 is 1.52 bits per heavy atom. The second-order valence-electron chi connectivity index (χ2n) is 6.07. The van der Waals surface area contributed by atoms with Crippen LogP contribution in [0, 0.1) is 0 Å². The molecular weight excluding hydrogens is 440 g/mol. The highest BCUT2D eigenvalue weighted by atomic mass is 79.9. The zero-order chi connectivity index (χ0) is 18.4. The van der Waals surface area contributed by atoms with Crippen molar-refractivity contribution in [2.75, 3.05) is 37.0 Å². The van der Waals surface area contributed by atoms with Gasteiger partial charge in [-0.3, -0.25) is 0 Å². The number of rotatable bonds is 8. The first-order valence-electron chi connectivity index (χ1n) is 8.17. The standard InChI is InChI=1S/C21H24Br2N2/c1-5-11-24(3)18-9-7-16(20(22)14-18)13-17-8-10-19(15-21(17)23)25(4)12-6-2/h5-10,14-15H,1-2,11-13H2,3-4H3. The van der Waals surface area contributed by atoms with Crippen LogP contribution in [0.25, 0.3) is 0 Å². The molecule has 0 amide bonds. The van der Waals surface area contributed by atoms with Gasteiger partial charge in [-0.15, -0.1) is 13.2 Å². The van der Waals surface area contributed by atoms with Crippen LogP contribution in [0.2, 0.25) is 0 Å². The lowest BCUT2D eigenvalue weighted by molar-refractivity contribution is 1.02. The predicted molar refractivity (Wildman–Crippen MR) is 118 cm³/mol. The van der Waals surface area contributed by atoms with Gasteiger partial charge >= 0.3 is 0 Å². The smallest absolute Gasteiger partial charge is 0.0377 e. The van der Waals surface area contributed by atoms with E-state index in [2.05, 4.69) is 105 Å². The Morgan fingerprint density at radius 1 is 0.800 bits per heavy atom. The van der Waals surface area contributed by atoms with E-state index < -0.39 is 0 Å². The van der Waals surface area contributed by atoms with Crippen molar-refractivity contribution in [3.8, 4) is 0 Å². The second-order valence-corrected chi connectivity index (χ2v) is 7.78. The molecule has 0 atom stereocenters. The Kier molecular flexibility index (Phi) is 7.33. The Morgan fingerprint density at radius 2 is 1.20 bits per heavy atom. The van der Waals surface area contributed by atoms with Gasteiger partial charge in [0.15, 0.2) is 0 Å². The van der Waals surface area contributed by atoms with Crippen molar-refractivity contribution >= 4 is 43.2 Å². The first-order chi connectivity index (χ1) is 12.0. The topological polar surface area (TPSA) is 6.48 Å². The summed E-state index contributed by atoms with van der Waals surface area (Å²) in [6, 6.07) is 13.0. The fourth-order valence-corrected chi connectivity index (χ4v) is 3.65. The summed E-state index contributed by atoms with van der Waals surface area (Å²) in [5, 5.41) is 0. The van der Waals surface area contributed by atoms with Crippen molar-refractivity contribution in [1.82, 2.24) is 0 Å². The maximum atomic E-state index is 3.80. The van der Waals surface area contributed by atoms with E-state index in [9.17, 15) is 0 Å². The molecule has 0 bridgehead atoms. The molecule has 2 nitrogen and oxygen atoms in total. The molecule has 0 aliphatic heterocycles. The summed E-state index contributed by atoms with van der Waals surface area (Å²) in [5.41, 5.74) is 4.89. The van der Waals surface area contributed by atoms with Gasteiger partial charge < -0.3 is 9.80 Å². The summed E-state index contributed by atoms with van der Waals surface area (Å²) in [5.74, 6) is 0. The summed E-state index contributed by atoms with van der Waals surface area (Å²) in [6.45, 7) is 9.25. The summed E-state index contributed by atoms with van der Waals surface area (Å²) in [6.07, 6.45) is 4.69. The molecule has 2 aromatic rings. The van der Waals surface area contributed by atoms with E-state index in [0.717, 1.165) is 28.5 Å². The molecule has 0 aliphatic carbocycles. The number of benzene rings is 2. The number of hydrogen-bond acceptors (Lipinski definition) is 2. The van der Waals surface area contributed by atoms with Gasteiger partial charge in [-0.25, -0.2) is 0 Å². The highest BCUT2D eigenvalue weighted by Gasteiger charge is 2.09. The highest BCUT2D eigenvalue weighted by Crippen LogP contribution is 2.30. The summed E-state index contributed by atoms with van der Waals surface area (Å²) in [7, 11) is 4.14. The van der Waals surface area contributed by atoms with Crippen molar-refractivity contribution in [3.05, 3.63) is 81.8 Å². The Balaban J connectivity index is 2.19. The number of anilines is 2. The van der Waals surface area contributed by atoms with Gasteiger partial charge in [-0.05, 0) is 41.8 Å². The zero-order valence-electron chi connectivity index (χ0n) is 14.8. The third-order valence-electron chi connectivity index (χ3n) is 4.14. The molecule has 4 heteroatoms. The number of hydrogen-bond donors (Lipinski definition) is 0. The van der Waals surface area contributed by atoms with E-state index in [-0.39, 0.29) is 0 Å². The monoisotopic (exact) mass is 462 g/mol. The van der Waals surface area contributed by atoms with Gasteiger partial charge in [0.1, 0.15) is 0 Å². The van der Waals surface area contributed by atoms with Crippen molar-refractivity contribution in [1.29, 1.82) is 0 Å². The first kappa shape index (κ1) is 19.8. The van der Waals surface area contributed by atoms with Gasteiger partial charge in [-0.1, -0.05) is 56.1 Å². The molecule has 132 valence electrons. The minimum Gasteiger partial charge on any atom is -0.371 e. The van der Waals surface area contributed by atoms with Gasteiger partial charge in [0.05, 0.1) is 0 Å². The maximum Gasteiger partial charge on any atom is 0.0377 e. The fraction of sp³-hybridized carbons (Fsp3) is 0.238. The van der Waals surface area contributed by atoms with Crippen LogP contribution in [0.5, 0.6) is 0 Å². The zero-order valence-corrected chi connectivity index (χ0v) is 18.0. The minimum atomic E-state index is 0.830. The van der Waals surface area contributed by atoms with Crippen molar-refractivity contribution in [2.24, 2.45) is 0 Å². The minimum absolute atomic E-state index is 0.830. The van der Waals surface area contributed by atoms with Gasteiger partial charge in [0.2, 0.25) is 0 Å².